The van der Waals surface area contributed by atoms with Crippen molar-refractivity contribution in [2.45, 2.75) is 38.6 Å². The molecule has 0 aliphatic carbocycles. The summed E-state index contributed by atoms with van der Waals surface area (Å²) in [6.45, 7) is 8.24. The van der Waals surface area contributed by atoms with E-state index >= 15 is 0 Å². The van der Waals surface area contributed by atoms with Crippen LogP contribution in [0.15, 0.2) is 17.0 Å². The SMILES string of the molecule is Cc1cc(N)c(C)c(S(=O)(=O)NC(CN(C)C)C(C)C)c1. The van der Waals surface area contributed by atoms with Crippen molar-refractivity contribution in [1.29, 1.82) is 0 Å². The maximum absolute atomic E-state index is 12.7. The van der Waals surface area contributed by atoms with Gasteiger partial charge in [0.15, 0.2) is 0 Å². The topological polar surface area (TPSA) is 75.4 Å². The van der Waals surface area contributed by atoms with Crippen molar-refractivity contribution in [2.75, 3.05) is 26.4 Å². The predicted octanol–water partition coefficient (Wildman–Crippen LogP) is 1.75. The van der Waals surface area contributed by atoms with Gasteiger partial charge in [0.1, 0.15) is 0 Å². The van der Waals surface area contributed by atoms with Crippen molar-refractivity contribution in [3.05, 3.63) is 23.3 Å². The van der Waals surface area contributed by atoms with Crippen LogP contribution in [-0.2, 0) is 10.0 Å². The number of anilines is 1. The Morgan fingerprint density at radius 3 is 2.29 bits per heavy atom. The van der Waals surface area contributed by atoms with Crippen molar-refractivity contribution in [3.8, 4) is 0 Å². The van der Waals surface area contributed by atoms with Gasteiger partial charge in [0.25, 0.3) is 0 Å². The Labute approximate surface area is 128 Å². The van der Waals surface area contributed by atoms with E-state index in [9.17, 15) is 8.42 Å². The number of hydrogen-bond donors (Lipinski definition) is 2. The monoisotopic (exact) mass is 313 g/mol. The number of sulfonamides is 1. The maximum Gasteiger partial charge on any atom is 0.241 e. The van der Waals surface area contributed by atoms with Gasteiger partial charge in [-0.05, 0) is 57.1 Å². The highest BCUT2D eigenvalue weighted by molar-refractivity contribution is 7.89. The van der Waals surface area contributed by atoms with Crippen molar-refractivity contribution < 1.29 is 8.42 Å². The van der Waals surface area contributed by atoms with Crippen LogP contribution in [0.5, 0.6) is 0 Å². The molecule has 5 nitrogen and oxygen atoms in total. The molecule has 1 aromatic carbocycles. The highest BCUT2D eigenvalue weighted by Crippen LogP contribution is 2.23. The molecular weight excluding hydrogens is 286 g/mol. The van der Waals surface area contributed by atoms with Gasteiger partial charge in [-0.1, -0.05) is 13.8 Å². The molecule has 0 saturated carbocycles. The number of rotatable bonds is 6. The molecule has 0 aromatic heterocycles. The fraction of sp³-hybridized carbons (Fsp3) is 0.600. The highest BCUT2D eigenvalue weighted by atomic mass is 32.2. The Morgan fingerprint density at radius 1 is 1.24 bits per heavy atom. The zero-order valence-electron chi connectivity index (χ0n) is 13.8. The summed E-state index contributed by atoms with van der Waals surface area (Å²) in [5.74, 6) is 0.199. The van der Waals surface area contributed by atoms with Crippen LogP contribution in [0.1, 0.15) is 25.0 Å². The molecule has 0 aliphatic rings. The molecule has 0 amide bonds. The molecule has 3 N–H and O–H groups in total. The van der Waals surface area contributed by atoms with Gasteiger partial charge in [-0.15, -0.1) is 0 Å². The Hall–Kier alpha value is -1.11. The van der Waals surface area contributed by atoms with Crippen molar-refractivity contribution >= 4 is 15.7 Å². The molecule has 0 spiro atoms. The fourth-order valence-electron chi connectivity index (χ4n) is 2.17. The molecule has 0 bridgehead atoms. The summed E-state index contributed by atoms with van der Waals surface area (Å²) in [6, 6.07) is 3.31. The van der Waals surface area contributed by atoms with E-state index in [-0.39, 0.29) is 16.9 Å². The van der Waals surface area contributed by atoms with Crippen LogP contribution < -0.4 is 10.5 Å². The fourth-order valence-corrected chi connectivity index (χ4v) is 3.91. The van der Waals surface area contributed by atoms with Gasteiger partial charge in [-0.3, -0.25) is 0 Å². The quantitative estimate of drug-likeness (QED) is 0.785. The van der Waals surface area contributed by atoms with E-state index in [0.29, 0.717) is 17.8 Å². The standard InChI is InChI=1S/C15H27N3O2S/c1-10(2)14(9-18(5)6)17-21(19,20)15-8-11(3)7-13(16)12(15)4/h7-8,10,14,17H,9,16H2,1-6H3. The minimum atomic E-state index is -3.58. The van der Waals surface area contributed by atoms with Crippen LogP contribution in [0.25, 0.3) is 0 Å². The van der Waals surface area contributed by atoms with Crippen LogP contribution in [0, 0.1) is 19.8 Å². The molecule has 1 atom stereocenters. The first kappa shape index (κ1) is 17.9. The Balaban J connectivity index is 3.16. The predicted molar refractivity (Wildman–Crippen MR) is 87.8 cm³/mol. The van der Waals surface area contributed by atoms with Gasteiger partial charge in [0, 0.05) is 18.3 Å². The lowest BCUT2D eigenvalue weighted by Gasteiger charge is -2.26. The van der Waals surface area contributed by atoms with Gasteiger partial charge in [0.05, 0.1) is 4.90 Å². The second kappa shape index (κ2) is 6.77. The molecule has 1 unspecified atom stereocenters. The smallest absolute Gasteiger partial charge is 0.241 e. The number of hydrogen-bond acceptors (Lipinski definition) is 4. The van der Waals surface area contributed by atoms with Gasteiger partial charge in [-0.2, -0.15) is 0 Å². The molecule has 0 radical (unpaired) electrons. The van der Waals surface area contributed by atoms with Crippen LogP contribution >= 0.6 is 0 Å². The van der Waals surface area contributed by atoms with E-state index in [1.807, 2.05) is 39.8 Å². The molecule has 6 heteroatoms. The minimum Gasteiger partial charge on any atom is -0.398 e. The molecule has 0 saturated heterocycles. The van der Waals surface area contributed by atoms with Gasteiger partial charge >= 0.3 is 0 Å². The summed E-state index contributed by atoms with van der Waals surface area (Å²) < 4.78 is 28.1. The van der Waals surface area contributed by atoms with E-state index in [0.717, 1.165) is 5.56 Å². The minimum absolute atomic E-state index is 0.147. The third-order valence-electron chi connectivity index (χ3n) is 3.51. The third-order valence-corrected chi connectivity index (χ3v) is 5.12. The Morgan fingerprint density at radius 2 is 1.81 bits per heavy atom. The van der Waals surface area contributed by atoms with Crippen molar-refractivity contribution in [3.63, 3.8) is 0 Å². The van der Waals surface area contributed by atoms with Crippen LogP contribution in [-0.4, -0.2) is 40.0 Å². The van der Waals surface area contributed by atoms with Crippen molar-refractivity contribution in [2.24, 2.45) is 5.92 Å². The van der Waals surface area contributed by atoms with Crippen LogP contribution in [0.4, 0.5) is 5.69 Å². The zero-order chi connectivity index (χ0) is 16.4. The zero-order valence-corrected chi connectivity index (χ0v) is 14.6. The average Bonchev–Trinajstić information content (AvgIpc) is 2.31. The molecule has 0 heterocycles. The van der Waals surface area contributed by atoms with Gasteiger partial charge < -0.3 is 10.6 Å². The molecule has 0 fully saturated rings. The second-order valence-electron chi connectivity index (χ2n) is 6.21. The summed E-state index contributed by atoms with van der Waals surface area (Å²) in [7, 11) is 0.278. The molecule has 1 aromatic rings. The molecule has 120 valence electrons. The second-order valence-corrected chi connectivity index (χ2v) is 7.89. The molecule has 21 heavy (non-hydrogen) atoms. The highest BCUT2D eigenvalue weighted by Gasteiger charge is 2.25. The summed E-state index contributed by atoms with van der Waals surface area (Å²) in [6.07, 6.45) is 0. The number of aryl methyl sites for hydroxylation is 1. The van der Waals surface area contributed by atoms with E-state index in [1.165, 1.54) is 0 Å². The lowest BCUT2D eigenvalue weighted by molar-refractivity contribution is 0.314. The summed E-state index contributed by atoms with van der Waals surface area (Å²) in [4.78, 5) is 2.24. The number of likely N-dealkylation sites (N-methyl/N-ethyl adjacent to an activating group) is 1. The molecular formula is C15H27N3O2S. The first-order valence-electron chi connectivity index (χ1n) is 7.08. The Kier molecular flexibility index (Phi) is 5.78. The number of nitrogen functional groups attached to an aromatic ring is 1. The third kappa shape index (κ3) is 4.69. The molecule has 1 rings (SSSR count). The van der Waals surface area contributed by atoms with Crippen molar-refractivity contribution in [1.82, 2.24) is 9.62 Å². The van der Waals surface area contributed by atoms with E-state index in [4.69, 9.17) is 5.73 Å². The lowest BCUT2D eigenvalue weighted by Crippen LogP contribution is -2.45. The average molecular weight is 313 g/mol. The van der Waals surface area contributed by atoms with Crippen LogP contribution in [0.2, 0.25) is 0 Å². The van der Waals surface area contributed by atoms with E-state index < -0.39 is 10.0 Å². The number of nitrogens with zero attached hydrogens (tertiary/aromatic N) is 1. The number of nitrogens with one attached hydrogen (secondary N) is 1. The molecule has 0 aliphatic heterocycles. The number of nitrogens with two attached hydrogens (primary N) is 1. The van der Waals surface area contributed by atoms with Crippen LogP contribution in [0.3, 0.4) is 0 Å². The van der Waals surface area contributed by atoms with E-state index in [2.05, 4.69) is 4.72 Å². The lowest BCUT2D eigenvalue weighted by atomic mass is 10.1. The summed E-state index contributed by atoms with van der Waals surface area (Å²) in [5, 5.41) is 0. The largest absolute Gasteiger partial charge is 0.398 e. The van der Waals surface area contributed by atoms with E-state index in [1.54, 1.807) is 19.1 Å². The Bertz CT molecular complexity index is 595. The van der Waals surface area contributed by atoms with Gasteiger partial charge in [0.2, 0.25) is 10.0 Å². The number of benzene rings is 1. The first-order valence-corrected chi connectivity index (χ1v) is 8.56. The maximum atomic E-state index is 12.7. The summed E-state index contributed by atoms with van der Waals surface area (Å²) >= 11 is 0. The first-order chi connectivity index (χ1) is 9.54. The van der Waals surface area contributed by atoms with Gasteiger partial charge in [-0.25, -0.2) is 13.1 Å². The normalized spacial score (nSPS) is 13.9. The summed E-state index contributed by atoms with van der Waals surface area (Å²) in [5.41, 5.74) is 7.83.